The molecule has 2 amide bonds. The third-order valence-corrected chi connectivity index (χ3v) is 3.24. The number of nitrogens with one attached hydrogen (secondary N) is 2. The second-order valence-electron chi connectivity index (χ2n) is 6.44. The van der Waals surface area contributed by atoms with Gasteiger partial charge in [0.25, 0.3) is 11.8 Å². The van der Waals surface area contributed by atoms with Crippen LogP contribution in [0.5, 0.6) is 5.75 Å². The lowest BCUT2D eigenvalue weighted by Gasteiger charge is -2.21. The minimum absolute atomic E-state index is 0.232. The van der Waals surface area contributed by atoms with Crippen molar-refractivity contribution in [1.29, 1.82) is 0 Å². The first-order valence-corrected chi connectivity index (χ1v) is 7.67. The van der Waals surface area contributed by atoms with E-state index >= 15 is 0 Å². The normalized spacial score (nSPS) is 10.8. The van der Waals surface area contributed by atoms with Crippen LogP contribution in [0.1, 0.15) is 41.5 Å². The Morgan fingerprint density at radius 2 is 1.67 bits per heavy atom. The molecule has 0 radical (unpaired) electrons. The molecule has 0 bridgehead atoms. The maximum Gasteiger partial charge on any atom is 0.255 e. The molecule has 24 heavy (non-hydrogen) atoms. The quantitative estimate of drug-likeness (QED) is 0.904. The highest BCUT2D eigenvalue weighted by atomic mass is 16.5. The molecule has 0 aliphatic rings. The van der Waals surface area contributed by atoms with Gasteiger partial charge in [-0.25, -0.2) is 0 Å². The molecule has 5 nitrogen and oxygen atoms in total. The summed E-state index contributed by atoms with van der Waals surface area (Å²) in [5.41, 5.74) is 0.984. The van der Waals surface area contributed by atoms with Crippen LogP contribution >= 0.6 is 0 Å². The molecule has 0 fully saturated rings. The summed E-state index contributed by atoms with van der Waals surface area (Å²) in [4.78, 5) is 24.9. The van der Waals surface area contributed by atoms with E-state index in [1.54, 1.807) is 55.6 Å². The first kappa shape index (κ1) is 17.5. The molecule has 2 rings (SSSR count). The van der Waals surface area contributed by atoms with Gasteiger partial charge >= 0.3 is 0 Å². The monoisotopic (exact) mass is 326 g/mol. The maximum atomic E-state index is 12.4. The van der Waals surface area contributed by atoms with Gasteiger partial charge in [0.1, 0.15) is 5.75 Å². The average Bonchev–Trinajstić information content (AvgIpc) is 2.53. The Kier molecular flexibility index (Phi) is 5.24. The Bertz CT molecular complexity index is 748. The van der Waals surface area contributed by atoms with Gasteiger partial charge in [-0.1, -0.05) is 18.2 Å². The van der Waals surface area contributed by atoms with E-state index < -0.39 is 0 Å². The molecule has 2 aromatic carbocycles. The van der Waals surface area contributed by atoms with Gasteiger partial charge in [0, 0.05) is 11.1 Å². The summed E-state index contributed by atoms with van der Waals surface area (Å²) in [5, 5.41) is 5.69. The third-order valence-electron chi connectivity index (χ3n) is 3.24. The van der Waals surface area contributed by atoms with E-state index in [-0.39, 0.29) is 17.4 Å². The number of carbonyl (C=O) groups excluding carboxylic acids is 2. The van der Waals surface area contributed by atoms with E-state index in [2.05, 4.69) is 10.6 Å². The highest BCUT2D eigenvalue weighted by molar-refractivity contribution is 6.09. The first-order valence-electron chi connectivity index (χ1n) is 7.67. The van der Waals surface area contributed by atoms with Crippen LogP contribution in [0.15, 0.2) is 48.5 Å². The molecule has 5 heteroatoms. The molecule has 126 valence electrons. The molecule has 2 aromatic rings. The molecule has 0 heterocycles. The fourth-order valence-electron chi connectivity index (χ4n) is 2.16. The van der Waals surface area contributed by atoms with E-state index in [4.69, 9.17) is 4.74 Å². The molecule has 0 atom stereocenters. The number of anilines is 1. The molecule has 0 saturated heterocycles. The number of ether oxygens (including phenoxy) is 1. The maximum absolute atomic E-state index is 12.4. The summed E-state index contributed by atoms with van der Waals surface area (Å²) in [6.45, 7) is 5.72. The summed E-state index contributed by atoms with van der Waals surface area (Å²) in [5.74, 6) is 0.0651. The summed E-state index contributed by atoms with van der Waals surface area (Å²) >= 11 is 0. The lowest BCUT2D eigenvalue weighted by Crippen LogP contribution is -2.40. The second kappa shape index (κ2) is 7.17. The Hall–Kier alpha value is -2.82. The molecule has 2 N–H and O–H groups in total. The lowest BCUT2D eigenvalue weighted by atomic mass is 10.1. The predicted molar refractivity (Wildman–Crippen MR) is 94.6 cm³/mol. The van der Waals surface area contributed by atoms with Gasteiger partial charge in [-0.05, 0) is 51.1 Å². The standard InChI is InChI=1S/C19H22N2O3/c1-19(2,3)21-18(23)15-10-5-6-11-16(15)20-17(22)13-8-7-9-14(12-13)24-4/h5-12H,1-4H3,(H,20,22)(H,21,23). The van der Waals surface area contributed by atoms with E-state index in [0.29, 0.717) is 22.6 Å². The van der Waals surface area contributed by atoms with Gasteiger partial charge in [0.2, 0.25) is 0 Å². The SMILES string of the molecule is COc1cccc(C(=O)Nc2ccccc2C(=O)NC(C)(C)C)c1. The van der Waals surface area contributed by atoms with Crippen LogP contribution in [0.2, 0.25) is 0 Å². The number of hydrogen-bond acceptors (Lipinski definition) is 3. The first-order chi connectivity index (χ1) is 11.3. The largest absolute Gasteiger partial charge is 0.497 e. The number of para-hydroxylation sites is 1. The molecular formula is C19H22N2O3. The number of hydrogen-bond donors (Lipinski definition) is 2. The highest BCUT2D eigenvalue weighted by Gasteiger charge is 2.19. The van der Waals surface area contributed by atoms with Gasteiger partial charge < -0.3 is 15.4 Å². The Labute approximate surface area is 142 Å². The predicted octanol–water partition coefficient (Wildman–Crippen LogP) is 3.48. The van der Waals surface area contributed by atoms with Crippen molar-refractivity contribution in [1.82, 2.24) is 5.32 Å². The topological polar surface area (TPSA) is 67.4 Å². The molecule has 0 spiro atoms. The van der Waals surface area contributed by atoms with Crippen LogP contribution in [0.3, 0.4) is 0 Å². The van der Waals surface area contributed by atoms with Gasteiger partial charge in [-0.3, -0.25) is 9.59 Å². The van der Waals surface area contributed by atoms with Crippen molar-refractivity contribution in [3.05, 3.63) is 59.7 Å². The zero-order valence-corrected chi connectivity index (χ0v) is 14.3. The molecule has 0 saturated carbocycles. The van der Waals surface area contributed by atoms with Crippen LogP contribution in [0, 0.1) is 0 Å². The van der Waals surface area contributed by atoms with E-state index in [1.165, 1.54) is 0 Å². The minimum Gasteiger partial charge on any atom is -0.497 e. The third kappa shape index (κ3) is 4.59. The van der Waals surface area contributed by atoms with Gasteiger partial charge in [0.15, 0.2) is 0 Å². The fraction of sp³-hybridized carbons (Fsp3) is 0.263. The van der Waals surface area contributed by atoms with Crippen molar-refractivity contribution in [3.8, 4) is 5.75 Å². The van der Waals surface area contributed by atoms with Gasteiger partial charge in [-0.15, -0.1) is 0 Å². The molecule has 0 unspecified atom stereocenters. The number of amides is 2. The van der Waals surface area contributed by atoms with Crippen LogP contribution in [-0.2, 0) is 0 Å². The second-order valence-corrected chi connectivity index (χ2v) is 6.44. The van der Waals surface area contributed by atoms with Crippen molar-refractivity contribution in [2.45, 2.75) is 26.3 Å². The number of rotatable bonds is 4. The average molecular weight is 326 g/mol. The molecular weight excluding hydrogens is 304 g/mol. The van der Waals surface area contributed by atoms with Crippen LogP contribution in [0.4, 0.5) is 5.69 Å². The van der Waals surface area contributed by atoms with Crippen molar-refractivity contribution in [2.75, 3.05) is 12.4 Å². The summed E-state index contributed by atoms with van der Waals surface area (Å²) < 4.78 is 5.13. The van der Waals surface area contributed by atoms with Crippen molar-refractivity contribution < 1.29 is 14.3 Å². The molecule has 0 aliphatic heterocycles. The zero-order chi connectivity index (χ0) is 17.7. The smallest absolute Gasteiger partial charge is 0.255 e. The Balaban J connectivity index is 2.23. The van der Waals surface area contributed by atoms with Gasteiger partial charge in [-0.2, -0.15) is 0 Å². The summed E-state index contributed by atoms with van der Waals surface area (Å²) in [6, 6.07) is 13.8. The number of methoxy groups -OCH3 is 1. The summed E-state index contributed by atoms with van der Waals surface area (Å²) in [6.07, 6.45) is 0. The molecule has 0 aromatic heterocycles. The number of benzene rings is 2. The molecule has 0 aliphatic carbocycles. The summed E-state index contributed by atoms with van der Waals surface area (Å²) in [7, 11) is 1.54. The van der Waals surface area contributed by atoms with E-state index in [0.717, 1.165) is 0 Å². The van der Waals surface area contributed by atoms with Crippen LogP contribution in [-0.4, -0.2) is 24.5 Å². The van der Waals surface area contributed by atoms with Crippen molar-refractivity contribution in [3.63, 3.8) is 0 Å². The Morgan fingerprint density at radius 3 is 2.33 bits per heavy atom. The lowest BCUT2D eigenvalue weighted by molar-refractivity contribution is 0.0920. The van der Waals surface area contributed by atoms with E-state index in [9.17, 15) is 9.59 Å². The van der Waals surface area contributed by atoms with Gasteiger partial charge in [0.05, 0.1) is 18.4 Å². The van der Waals surface area contributed by atoms with Crippen LogP contribution in [0.25, 0.3) is 0 Å². The van der Waals surface area contributed by atoms with Crippen LogP contribution < -0.4 is 15.4 Å². The highest BCUT2D eigenvalue weighted by Crippen LogP contribution is 2.19. The van der Waals surface area contributed by atoms with E-state index in [1.807, 2.05) is 20.8 Å². The zero-order valence-electron chi connectivity index (χ0n) is 14.3. The minimum atomic E-state index is -0.360. The fourth-order valence-corrected chi connectivity index (χ4v) is 2.16. The number of carbonyl (C=O) groups is 2. The van der Waals surface area contributed by atoms with Crippen molar-refractivity contribution >= 4 is 17.5 Å². The van der Waals surface area contributed by atoms with Crippen molar-refractivity contribution in [2.24, 2.45) is 0 Å². The Morgan fingerprint density at radius 1 is 0.958 bits per heavy atom.